The number of anilines is 1. The van der Waals surface area contributed by atoms with Crippen LogP contribution in [-0.4, -0.2) is 29.1 Å². The van der Waals surface area contributed by atoms with Crippen LogP contribution in [0.3, 0.4) is 0 Å². The highest BCUT2D eigenvalue weighted by Crippen LogP contribution is 2.21. The lowest BCUT2D eigenvalue weighted by Gasteiger charge is -2.21. The summed E-state index contributed by atoms with van der Waals surface area (Å²) < 4.78 is 5.26. The van der Waals surface area contributed by atoms with Gasteiger partial charge in [-0.1, -0.05) is 6.07 Å². The van der Waals surface area contributed by atoms with Gasteiger partial charge in [-0.05, 0) is 25.0 Å². The maximum atomic E-state index is 12.2. The van der Waals surface area contributed by atoms with Crippen molar-refractivity contribution in [2.45, 2.75) is 12.8 Å². The second-order valence-electron chi connectivity index (χ2n) is 4.61. The normalized spacial score (nSPS) is 16.4. The maximum Gasteiger partial charge on any atom is 0.228 e. The molecule has 0 atom stereocenters. The molecule has 1 amide bonds. The first-order valence-corrected chi connectivity index (χ1v) is 6.43. The summed E-state index contributed by atoms with van der Waals surface area (Å²) >= 11 is 0. The number of carbonyl (C=O) groups excluding carboxylic acids is 1. The number of hydrogen-bond donors (Lipinski definition) is 1. The second-order valence-corrected chi connectivity index (χ2v) is 4.61. The third-order valence-corrected chi connectivity index (χ3v) is 3.35. The van der Waals surface area contributed by atoms with Gasteiger partial charge in [-0.15, -0.1) is 0 Å². The first kappa shape index (κ1) is 12.0. The van der Waals surface area contributed by atoms with Gasteiger partial charge in [0, 0.05) is 36.9 Å². The van der Waals surface area contributed by atoms with Gasteiger partial charge in [-0.2, -0.15) is 0 Å². The van der Waals surface area contributed by atoms with Crippen LogP contribution in [0, 0.1) is 5.92 Å². The number of nitrogens with zero attached hydrogens (tertiary/aromatic N) is 2. The molecule has 1 aliphatic rings. The summed E-state index contributed by atoms with van der Waals surface area (Å²) in [7, 11) is 0. The average Bonchev–Trinajstić information content (AvgIpc) is 2.48. The Labute approximate surface area is 111 Å². The lowest BCUT2D eigenvalue weighted by Crippen LogP contribution is -2.28. The predicted octanol–water partition coefficient (Wildman–Crippen LogP) is 1.99. The van der Waals surface area contributed by atoms with Crippen molar-refractivity contribution >= 4 is 22.6 Å². The van der Waals surface area contributed by atoms with Crippen molar-refractivity contribution in [3.63, 3.8) is 0 Å². The number of rotatable bonds is 2. The summed E-state index contributed by atoms with van der Waals surface area (Å²) in [4.78, 5) is 20.7. The number of amides is 1. The van der Waals surface area contributed by atoms with Crippen LogP contribution in [0.5, 0.6) is 0 Å². The number of hydrogen-bond acceptors (Lipinski definition) is 4. The molecule has 1 aliphatic heterocycles. The van der Waals surface area contributed by atoms with Crippen molar-refractivity contribution in [3.05, 3.63) is 30.6 Å². The fourth-order valence-corrected chi connectivity index (χ4v) is 2.27. The minimum Gasteiger partial charge on any atom is -0.381 e. The average molecular weight is 257 g/mol. The molecular formula is C14H15N3O2. The standard InChI is InChI=1S/C14H15N3O2/c18-14(11-4-8-19-9-5-11)17-13-12-10(3-7-16-13)2-1-6-15-12/h1-3,6-7,11H,4-5,8-9H2,(H,16,17,18). The number of ether oxygens (including phenoxy) is 1. The highest BCUT2D eigenvalue weighted by molar-refractivity contribution is 5.99. The van der Waals surface area contributed by atoms with Crippen LogP contribution in [0.1, 0.15) is 12.8 Å². The molecule has 2 aromatic rings. The van der Waals surface area contributed by atoms with Crippen molar-refractivity contribution in [1.29, 1.82) is 0 Å². The molecule has 3 rings (SSSR count). The van der Waals surface area contributed by atoms with E-state index in [1.165, 1.54) is 0 Å². The fourth-order valence-electron chi connectivity index (χ4n) is 2.27. The molecule has 0 spiro atoms. The smallest absolute Gasteiger partial charge is 0.228 e. The quantitative estimate of drug-likeness (QED) is 0.893. The van der Waals surface area contributed by atoms with E-state index in [4.69, 9.17) is 4.74 Å². The van der Waals surface area contributed by atoms with Crippen LogP contribution in [0.4, 0.5) is 5.82 Å². The zero-order valence-electron chi connectivity index (χ0n) is 10.5. The van der Waals surface area contributed by atoms with Gasteiger partial charge in [-0.3, -0.25) is 9.78 Å². The molecule has 0 bridgehead atoms. The number of aromatic nitrogens is 2. The van der Waals surface area contributed by atoms with E-state index in [0.717, 1.165) is 23.7 Å². The topological polar surface area (TPSA) is 64.1 Å². The van der Waals surface area contributed by atoms with Gasteiger partial charge in [0.1, 0.15) is 5.52 Å². The van der Waals surface area contributed by atoms with Gasteiger partial charge in [-0.25, -0.2) is 4.98 Å². The van der Waals surface area contributed by atoms with E-state index < -0.39 is 0 Å². The second kappa shape index (κ2) is 5.32. The largest absolute Gasteiger partial charge is 0.381 e. The summed E-state index contributed by atoms with van der Waals surface area (Å²) in [6.07, 6.45) is 4.92. The van der Waals surface area contributed by atoms with E-state index in [0.29, 0.717) is 19.0 Å². The van der Waals surface area contributed by atoms with Crippen LogP contribution in [0.2, 0.25) is 0 Å². The van der Waals surface area contributed by atoms with E-state index in [-0.39, 0.29) is 11.8 Å². The number of fused-ring (bicyclic) bond motifs is 1. The first-order chi connectivity index (χ1) is 9.34. The molecule has 0 unspecified atom stereocenters. The molecule has 2 aromatic heterocycles. The molecule has 1 fully saturated rings. The Kier molecular flexibility index (Phi) is 3.37. The third-order valence-electron chi connectivity index (χ3n) is 3.35. The summed E-state index contributed by atoms with van der Waals surface area (Å²) in [5.74, 6) is 0.554. The van der Waals surface area contributed by atoms with Crippen LogP contribution in [0.25, 0.3) is 10.9 Å². The van der Waals surface area contributed by atoms with E-state index >= 15 is 0 Å². The number of pyridine rings is 2. The summed E-state index contributed by atoms with van der Waals surface area (Å²) in [5, 5.41) is 3.86. The van der Waals surface area contributed by atoms with Gasteiger partial charge in [0.25, 0.3) is 0 Å². The zero-order chi connectivity index (χ0) is 13.1. The predicted molar refractivity (Wildman–Crippen MR) is 71.7 cm³/mol. The molecule has 0 radical (unpaired) electrons. The van der Waals surface area contributed by atoms with Gasteiger partial charge in [0.15, 0.2) is 5.82 Å². The fraction of sp³-hybridized carbons (Fsp3) is 0.357. The highest BCUT2D eigenvalue weighted by Gasteiger charge is 2.22. The molecule has 5 heteroatoms. The van der Waals surface area contributed by atoms with Gasteiger partial charge in [0.2, 0.25) is 5.91 Å². The Bertz CT molecular complexity index is 589. The zero-order valence-corrected chi connectivity index (χ0v) is 10.5. The lowest BCUT2D eigenvalue weighted by atomic mass is 9.99. The minimum atomic E-state index is 0.00829. The van der Waals surface area contributed by atoms with Crippen molar-refractivity contribution in [3.8, 4) is 0 Å². The Morgan fingerprint density at radius 2 is 2.05 bits per heavy atom. The molecule has 0 aliphatic carbocycles. The molecule has 0 saturated carbocycles. The Hall–Kier alpha value is -2.01. The molecular weight excluding hydrogens is 242 g/mol. The Morgan fingerprint density at radius 1 is 1.21 bits per heavy atom. The molecule has 5 nitrogen and oxygen atoms in total. The molecule has 3 heterocycles. The monoisotopic (exact) mass is 257 g/mol. The summed E-state index contributed by atoms with van der Waals surface area (Å²) in [6.45, 7) is 1.30. The van der Waals surface area contributed by atoms with Gasteiger partial charge >= 0.3 is 0 Å². The van der Waals surface area contributed by atoms with E-state index in [1.807, 2.05) is 18.2 Å². The van der Waals surface area contributed by atoms with Crippen molar-refractivity contribution in [1.82, 2.24) is 9.97 Å². The SMILES string of the molecule is O=C(Nc1nccc2cccnc12)C1CCOCC1. The number of nitrogens with one attached hydrogen (secondary N) is 1. The summed E-state index contributed by atoms with van der Waals surface area (Å²) in [6, 6.07) is 5.70. The highest BCUT2D eigenvalue weighted by atomic mass is 16.5. The van der Waals surface area contributed by atoms with E-state index in [2.05, 4.69) is 15.3 Å². The van der Waals surface area contributed by atoms with Crippen LogP contribution >= 0.6 is 0 Å². The van der Waals surface area contributed by atoms with Crippen LogP contribution in [-0.2, 0) is 9.53 Å². The van der Waals surface area contributed by atoms with Gasteiger partial charge < -0.3 is 10.1 Å². The number of carbonyl (C=O) groups is 1. The van der Waals surface area contributed by atoms with Crippen molar-refractivity contribution in [2.75, 3.05) is 18.5 Å². The molecule has 1 saturated heterocycles. The Balaban J connectivity index is 1.82. The Morgan fingerprint density at radius 3 is 2.89 bits per heavy atom. The molecule has 19 heavy (non-hydrogen) atoms. The first-order valence-electron chi connectivity index (χ1n) is 6.43. The maximum absolute atomic E-state index is 12.2. The van der Waals surface area contributed by atoms with E-state index in [9.17, 15) is 4.79 Å². The molecule has 1 N–H and O–H groups in total. The summed E-state index contributed by atoms with van der Waals surface area (Å²) in [5.41, 5.74) is 0.727. The third kappa shape index (κ3) is 2.56. The van der Waals surface area contributed by atoms with Crippen molar-refractivity contribution < 1.29 is 9.53 Å². The van der Waals surface area contributed by atoms with Gasteiger partial charge in [0.05, 0.1) is 0 Å². The van der Waals surface area contributed by atoms with Crippen LogP contribution in [0.15, 0.2) is 30.6 Å². The van der Waals surface area contributed by atoms with Crippen LogP contribution < -0.4 is 5.32 Å². The minimum absolute atomic E-state index is 0.00829. The molecule has 0 aromatic carbocycles. The lowest BCUT2D eigenvalue weighted by molar-refractivity contribution is -0.122. The van der Waals surface area contributed by atoms with Crippen molar-refractivity contribution in [2.24, 2.45) is 5.92 Å². The molecule has 98 valence electrons. The van der Waals surface area contributed by atoms with E-state index in [1.54, 1.807) is 12.4 Å².